The fourth-order valence-electron chi connectivity index (χ4n) is 2.07. The van der Waals surface area contributed by atoms with Gasteiger partial charge in [-0.1, -0.05) is 6.92 Å². The Morgan fingerprint density at radius 1 is 1.56 bits per heavy atom. The molecule has 1 aliphatic heterocycles. The SMILES string of the molecule is CCC1COC(C)CN1c1cnc(C(=N)N)cn1. The number of aromatic nitrogens is 2. The lowest BCUT2D eigenvalue weighted by molar-refractivity contribution is 0.0296. The molecule has 2 rings (SSSR count). The summed E-state index contributed by atoms with van der Waals surface area (Å²) in [6.07, 6.45) is 4.42. The first kappa shape index (κ1) is 12.8. The van der Waals surface area contributed by atoms with Crippen molar-refractivity contribution in [3.05, 3.63) is 18.1 Å². The molecule has 98 valence electrons. The number of hydrogen-bond donors (Lipinski definition) is 2. The van der Waals surface area contributed by atoms with E-state index in [0.717, 1.165) is 18.8 Å². The molecule has 18 heavy (non-hydrogen) atoms. The van der Waals surface area contributed by atoms with Crippen molar-refractivity contribution in [1.82, 2.24) is 9.97 Å². The molecule has 3 N–H and O–H groups in total. The van der Waals surface area contributed by atoms with Crippen molar-refractivity contribution < 1.29 is 4.74 Å². The predicted octanol–water partition coefficient (Wildman–Crippen LogP) is 0.764. The molecule has 0 aromatic carbocycles. The van der Waals surface area contributed by atoms with Gasteiger partial charge in [0.2, 0.25) is 0 Å². The molecule has 1 aliphatic rings. The summed E-state index contributed by atoms with van der Waals surface area (Å²) in [6, 6.07) is 0.332. The second kappa shape index (κ2) is 5.30. The zero-order valence-electron chi connectivity index (χ0n) is 10.8. The summed E-state index contributed by atoms with van der Waals surface area (Å²) in [4.78, 5) is 10.7. The topological polar surface area (TPSA) is 88.1 Å². The van der Waals surface area contributed by atoms with Gasteiger partial charge in [0, 0.05) is 6.54 Å². The first-order valence-electron chi connectivity index (χ1n) is 6.16. The summed E-state index contributed by atoms with van der Waals surface area (Å²) in [5.41, 5.74) is 5.78. The van der Waals surface area contributed by atoms with Crippen molar-refractivity contribution in [3.63, 3.8) is 0 Å². The number of nitrogen functional groups attached to an aromatic ring is 1. The van der Waals surface area contributed by atoms with Crippen LogP contribution in [-0.2, 0) is 4.74 Å². The fraction of sp³-hybridized carbons (Fsp3) is 0.583. The lowest BCUT2D eigenvalue weighted by Crippen LogP contribution is -2.49. The van der Waals surface area contributed by atoms with Gasteiger partial charge in [-0.3, -0.25) is 5.41 Å². The van der Waals surface area contributed by atoms with Crippen LogP contribution < -0.4 is 10.6 Å². The molecule has 0 aliphatic carbocycles. The van der Waals surface area contributed by atoms with E-state index in [4.69, 9.17) is 15.9 Å². The van der Waals surface area contributed by atoms with Gasteiger partial charge >= 0.3 is 0 Å². The molecule has 1 fully saturated rings. The Hall–Kier alpha value is -1.69. The van der Waals surface area contributed by atoms with Crippen LogP contribution in [0.4, 0.5) is 5.82 Å². The Morgan fingerprint density at radius 3 is 2.89 bits per heavy atom. The molecule has 0 amide bonds. The molecule has 0 spiro atoms. The number of ether oxygens (including phenoxy) is 1. The van der Waals surface area contributed by atoms with Crippen LogP contribution in [0.5, 0.6) is 0 Å². The van der Waals surface area contributed by atoms with Crippen molar-refractivity contribution in [3.8, 4) is 0 Å². The van der Waals surface area contributed by atoms with Crippen LogP contribution in [0.15, 0.2) is 12.4 Å². The van der Waals surface area contributed by atoms with Gasteiger partial charge in [0.25, 0.3) is 0 Å². The van der Waals surface area contributed by atoms with Gasteiger partial charge in [0.05, 0.1) is 31.1 Å². The minimum Gasteiger partial charge on any atom is -0.382 e. The molecule has 6 nitrogen and oxygen atoms in total. The van der Waals surface area contributed by atoms with Gasteiger partial charge in [0.1, 0.15) is 17.3 Å². The molecule has 1 aromatic heterocycles. The molecule has 1 aromatic rings. The van der Waals surface area contributed by atoms with Gasteiger partial charge in [-0.2, -0.15) is 0 Å². The Morgan fingerprint density at radius 2 is 2.33 bits per heavy atom. The van der Waals surface area contributed by atoms with Crippen LogP contribution >= 0.6 is 0 Å². The fourth-order valence-corrected chi connectivity index (χ4v) is 2.07. The quantitative estimate of drug-likeness (QED) is 0.610. The third-order valence-corrected chi connectivity index (χ3v) is 3.15. The summed E-state index contributed by atoms with van der Waals surface area (Å²) < 4.78 is 5.65. The minimum atomic E-state index is -0.0589. The van der Waals surface area contributed by atoms with E-state index in [2.05, 4.69) is 28.7 Å². The molecule has 0 saturated carbocycles. The van der Waals surface area contributed by atoms with E-state index in [0.29, 0.717) is 18.3 Å². The Bertz CT molecular complexity index is 419. The number of amidine groups is 1. The summed E-state index contributed by atoms with van der Waals surface area (Å²) in [5.74, 6) is 0.762. The molecular formula is C12H19N5O. The molecule has 2 unspecified atom stereocenters. The van der Waals surface area contributed by atoms with E-state index in [9.17, 15) is 0 Å². The summed E-state index contributed by atoms with van der Waals surface area (Å²) >= 11 is 0. The van der Waals surface area contributed by atoms with E-state index in [1.807, 2.05) is 0 Å². The highest BCUT2D eigenvalue weighted by Gasteiger charge is 2.26. The molecular weight excluding hydrogens is 230 g/mol. The molecule has 6 heteroatoms. The van der Waals surface area contributed by atoms with Crippen LogP contribution in [0, 0.1) is 5.41 Å². The lowest BCUT2D eigenvalue weighted by atomic mass is 10.1. The number of morpholine rings is 1. The van der Waals surface area contributed by atoms with Gasteiger partial charge in [-0.25, -0.2) is 9.97 Å². The summed E-state index contributed by atoms with van der Waals surface area (Å²) in [7, 11) is 0. The van der Waals surface area contributed by atoms with E-state index < -0.39 is 0 Å². The number of nitrogens with zero attached hydrogens (tertiary/aromatic N) is 3. The third kappa shape index (κ3) is 2.59. The Balaban J connectivity index is 2.20. The van der Waals surface area contributed by atoms with Gasteiger partial charge in [-0.15, -0.1) is 0 Å². The summed E-state index contributed by atoms with van der Waals surface area (Å²) in [5, 5.41) is 7.30. The van der Waals surface area contributed by atoms with Crippen molar-refractivity contribution >= 4 is 11.7 Å². The molecule has 1 saturated heterocycles. The van der Waals surface area contributed by atoms with E-state index in [1.165, 1.54) is 0 Å². The van der Waals surface area contributed by atoms with E-state index >= 15 is 0 Å². The maximum absolute atomic E-state index is 7.30. The second-order valence-corrected chi connectivity index (χ2v) is 4.53. The largest absolute Gasteiger partial charge is 0.382 e. The first-order valence-corrected chi connectivity index (χ1v) is 6.16. The number of rotatable bonds is 3. The summed E-state index contributed by atoms with van der Waals surface area (Å²) in [6.45, 7) is 5.71. The first-order chi connectivity index (χ1) is 8.61. The molecule has 2 atom stereocenters. The maximum atomic E-state index is 7.30. The number of anilines is 1. The number of nitrogens with one attached hydrogen (secondary N) is 1. The highest BCUT2D eigenvalue weighted by molar-refractivity contribution is 5.92. The zero-order valence-corrected chi connectivity index (χ0v) is 10.8. The normalized spacial score (nSPS) is 24.0. The van der Waals surface area contributed by atoms with E-state index in [-0.39, 0.29) is 11.9 Å². The van der Waals surface area contributed by atoms with Crippen LogP contribution in [0.1, 0.15) is 26.0 Å². The minimum absolute atomic E-state index is 0.0589. The second-order valence-electron chi connectivity index (χ2n) is 4.53. The van der Waals surface area contributed by atoms with E-state index in [1.54, 1.807) is 12.4 Å². The van der Waals surface area contributed by atoms with Crippen molar-refractivity contribution in [2.45, 2.75) is 32.4 Å². The molecule has 0 radical (unpaired) electrons. The number of hydrogen-bond acceptors (Lipinski definition) is 5. The zero-order chi connectivity index (χ0) is 13.1. The Kier molecular flexibility index (Phi) is 3.76. The molecule has 0 bridgehead atoms. The maximum Gasteiger partial charge on any atom is 0.147 e. The average molecular weight is 249 g/mol. The van der Waals surface area contributed by atoms with Crippen molar-refractivity contribution in [2.24, 2.45) is 5.73 Å². The lowest BCUT2D eigenvalue weighted by Gasteiger charge is -2.38. The smallest absolute Gasteiger partial charge is 0.147 e. The molecule has 2 heterocycles. The van der Waals surface area contributed by atoms with Crippen LogP contribution in [-0.4, -0.2) is 41.1 Å². The van der Waals surface area contributed by atoms with Crippen molar-refractivity contribution in [1.29, 1.82) is 5.41 Å². The highest BCUT2D eigenvalue weighted by atomic mass is 16.5. The van der Waals surface area contributed by atoms with Crippen LogP contribution in [0.2, 0.25) is 0 Å². The number of nitrogens with two attached hydrogens (primary N) is 1. The third-order valence-electron chi connectivity index (χ3n) is 3.15. The monoisotopic (exact) mass is 249 g/mol. The standard InChI is InChI=1S/C12H19N5O/c1-3-9-7-18-8(2)6-17(9)11-5-15-10(4-16-11)12(13)14/h4-5,8-9H,3,6-7H2,1-2H3,(H3,13,14). The highest BCUT2D eigenvalue weighted by Crippen LogP contribution is 2.20. The average Bonchev–Trinajstić information content (AvgIpc) is 2.39. The Labute approximate surface area is 107 Å². The van der Waals surface area contributed by atoms with Gasteiger partial charge in [0.15, 0.2) is 0 Å². The van der Waals surface area contributed by atoms with Crippen LogP contribution in [0.3, 0.4) is 0 Å². The predicted molar refractivity (Wildman–Crippen MR) is 69.9 cm³/mol. The van der Waals surface area contributed by atoms with Crippen molar-refractivity contribution in [2.75, 3.05) is 18.1 Å². The van der Waals surface area contributed by atoms with Gasteiger partial charge < -0.3 is 15.4 Å². The van der Waals surface area contributed by atoms with Gasteiger partial charge in [-0.05, 0) is 13.3 Å². The van der Waals surface area contributed by atoms with Crippen LogP contribution in [0.25, 0.3) is 0 Å².